The predicted octanol–water partition coefficient (Wildman–Crippen LogP) is 2.52. The zero-order valence-electron chi connectivity index (χ0n) is 12.3. The summed E-state index contributed by atoms with van der Waals surface area (Å²) >= 11 is 0. The van der Waals surface area contributed by atoms with Gasteiger partial charge >= 0.3 is 0 Å². The van der Waals surface area contributed by atoms with Crippen LogP contribution in [0.3, 0.4) is 0 Å². The quantitative estimate of drug-likeness (QED) is 0.392. The van der Waals surface area contributed by atoms with Gasteiger partial charge in [-0.2, -0.15) is 5.26 Å². The van der Waals surface area contributed by atoms with E-state index in [1.807, 2.05) is 54.6 Å². The molecule has 1 heterocycles. The molecule has 0 bridgehead atoms. The van der Waals surface area contributed by atoms with Crippen molar-refractivity contribution in [2.75, 3.05) is 0 Å². The van der Waals surface area contributed by atoms with Gasteiger partial charge in [0.2, 0.25) is 0 Å². The van der Waals surface area contributed by atoms with E-state index in [-0.39, 0.29) is 5.70 Å². The summed E-state index contributed by atoms with van der Waals surface area (Å²) < 4.78 is 0. The number of hydrazine groups is 1. The lowest BCUT2D eigenvalue weighted by atomic mass is 10.00. The number of benzene rings is 2. The van der Waals surface area contributed by atoms with E-state index in [4.69, 9.17) is 16.8 Å². The third-order valence-electron chi connectivity index (χ3n) is 3.64. The Labute approximate surface area is 133 Å². The van der Waals surface area contributed by atoms with Crippen LogP contribution in [0.15, 0.2) is 66.5 Å². The SMILES string of the molecule is N#C/C(NN)=C(/N)c1cccc(-c2ccc3ncccc3c2)c1. The average molecular weight is 301 g/mol. The van der Waals surface area contributed by atoms with Crippen molar-refractivity contribution in [2.45, 2.75) is 0 Å². The highest BCUT2D eigenvalue weighted by Crippen LogP contribution is 2.25. The van der Waals surface area contributed by atoms with Gasteiger partial charge in [-0.1, -0.05) is 30.3 Å². The Morgan fingerprint density at radius 2 is 1.87 bits per heavy atom. The number of nitrogens with zero attached hydrogens (tertiary/aromatic N) is 2. The van der Waals surface area contributed by atoms with Crippen LogP contribution in [0.4, 0.5) is 0 Å². The Morgan fingerprint density at radius 1 is 1.04 bits per heavy atom. The Bertz CT molecular complexity index is 937. The first-order chi connectivity index (χ1) is 11.2. The minimum absolute atomic E-state index is 0.143. The van der Waals surface area contributed by atoms with Crippen LogP contribution in [0.1, 0.15) is 5.56 Å². The third kappa shape index (κ3) is 2.84. The van der Waals surface area contributed by atoms with Crippen LogP contribution in [0, 0.1) is 11.3 Å². The fraction of sp³-hybridized carbons (Fsp3) is 0. The molecular weight excluding hydrogens is 286 g/mol. The molecule has 1 aromatic heterocycles. The van der Waals surface area contributed by atoms with Crippen LogP contribution in [-0.4, -0.2) is 4.98 Å². The zero-order valence-corrected chi connectivity index (χ0v) is 12.3. The van der Waals surface area contributed by atoms with Gasteiger partial charge in [-0.3, -0.25) is 4.98 Å². The van der Waals surface area contributed by atoms with Crippen molar-refractivity contribution in [3.63, 3.8) is 0 Å². The number of allylic oxidation sites excluding steroid dienone is 1. The lowest BCUT2D eigenvalue weighted by Crippen LogP contribution is -2.23. The van der Waals surface area contributed by atoms with Crippen molar-refractivity contribution < 1.29 is 0 Å². The van der Waals surface area contributed by atoms with Crippen LogP contribution in [-0.2, 0) is 0 Å². The molecular formula is C18H15N5. The van der Waals surface area contributed by atoms with Gasteiger partial charge in [-0.15, -0.1) is 0 Å². The van der Waals surface area contributed by atoms with E-state index in [1.54, 1.807) is 6.20 Å². The van der Waals surface area contributed by atoms with Crippen LogP contribution in [0.2, 0.25) is 0 Å². The number of fused-ring (bicyclic) bond motifs is 1. The van der Waals surface area contributed by atoms with E-state index in [0.29, 0.717) is 5.70 Å². The van der Waals surface area contributed by atoms with Crippen molar-refractivity contribution in [3.8, 4) is 17.2 Å². The first-order valence-corrected chi connectivity index (χ1v) is 7.05. The van der Waals surface area contributed by atoms with Gasteiger partial charge in [0.15, 0.2) is 5.70 Å². The molecule has 0 spiro atoms. The van der Waals surface area contributed by atoms with E-state index in [0.717, 1.165) is 27.6 Å². The normalized spacial score (nSPS) is 11.7. The van der Waals surface area contributed by atoms with Gasteiger partial charge < -0.3 is 11.2 Å². The lowest BCUT2D eigenvalue weighted by molar-refractivity contribution is 0.920. The van der Waals surface area contributed by atoms with Crippen molar-refractivity contribution in [3.05, 3.63) is 72.1 Å². The second-order valence-corrected chi connectivity index (χ2v) is 5.04. The maximum Gasteiger partial charge on any atom is 0.151 e. The average Bonchev–Trinajstić information content (AvgIpc) is 2.62. The number of nitrogens with two attached hydrogens (primary N) is 2. The number of hydrogen-bond donors (Lipinski definition) is 3. The molecule has 2 aromatic carbocycles. The zero-order chi connectivity index (χ0) is 16.2. The number of hydrogen-bond acceptors (Lipinski definition) is 5. The number of pyridine rings is 1. The van der Waals surface area contributed by atoms with Crippen LogP contribution in [0.25, 0.3) is 27.7 Å². The van der Waals surface area contributed by atoms with E-state index >= 15 is 0 Å². The molecule has 23 heavy (non-hydrogen) atoms. The Balaban J connectivity index is 2.08. The van der Waals surface area contributed by atoms with Crippen LogP contribution < -0.4 is 17.0 Å². The number of nitriles is 1. The molecule has 0 unspecified atom stereocenters. The molecule has 0 saturated heterocycles. The highest BCUT2D eigenvalue weighted by molar-refractivity contribution is 5.85. The number of aromatic nitrogens is 1. The van der Waals surface area contributed by atoms with E-state index in [1.165, 1.54) is 0 Å². The van der Waals surface area contributed by atoms with Crippen molar-refractivity contribution in [2.24, 2.45) is 11.6 Å². The molecule has 5 heteroatoms. The van der Waals surface area contributed by atoms with Crippen molar-refractivity contribution >= 4 is 16.6 Å². The highest BCUT2D eigenvalue weighted by Gasteiger charge is 2.07. The second kappa shape index (κ2) is 6.18. The molecule has 0 amide bonds. The second-order valence-electron chi connectivity index (χ2n) is 5.04. The Kier molecular flexibility index (Phi) is 3.91. The molecule has 0 radical (unpaired) electrons. The van der Waals surface area contributed by atoms with Crippen LogP contribution in [0.5, 0.6) is 0 Å². The highest BCUT2D eigenvalue weighted by atomic mass is 15.2. The fourth-order valence-electron chi connectivity index (χ4n) is 2.44. The first kappa shape index (κ1) is 14.6. The summed E-state index contributed by atoms with van der Waals surface area (Å²) in [5.74, 6) is 5.32. The van der Waals surface area contributed by atoms with Crippen molar-refractivity contribution in [1.82, 2.24) is 10.4 Å². The topological polar surface area (TPSA) is 101 Å². The van der Waals surface area contributed by atoms with Gasteiger partial charge in [-0.05, 0) is 35.4 Å². The third-order valence-corrected chi connectivity index (χ3v) is 3.64. The molecule has 0 aliphatic carbocycles. The van der Waals surface area contributed by atoms with Gasteiger partial charge in [0.25, 0.3) is 0 Å². The molecule has 5 N–H and O–H groups in total. The summed E-state index contributed by atoms with van der Waals surface area (Å²) in [7, 11) is 0. The smallest absolute Gasteiger partial charge is 0.151 e. The van der Waals surface area contributed by atoms with Gasteiger partial charge in [0.1, 0.15) is 6.07 Å². The summed E-state index contributed by atoms with van der Waals surface area (Å²) in [5.41, 5.74) is 12.5. The van der Waals surface area contributed by atoms with Gasteiger partial charge in [0.05, 0.1) is 11.2 Å². The maximum absolute atomic E-state index is 9.03. The van der Waals surface area contributed by atoms with E-state index < -0.39 is 0 Å². The summed E-state index contributed by atoms with van der Waals surface area (Å²) in [4.78, 5) is 4.32. The molecule has 3 rings (SSSR count). The largest absolute Gasteiger partial charge is 0.396 e. The Hall–Kier alpha value is -3.36. The monoisotopic (exact) mass is 301 g/mol. The van der Waals surface area contributed by atoms with Gasteiger partial charge in [0, 0.05) is 17.1 Å². The number of nitrogens with one attached hydrogen (secondary N) is 1. The standard InChI is InChI=1S/C18H15N5/c19-11-17(23-21)18(20)15-4-1-3-12(10-15)13-6-7-16-14(9-13)5-2-8-22-16/h1-10,23H,20-21H2/b18-17-. The predicted molar refractivity (Wildman–Crippen MR) is 91.2 cm³/mol. The Morgan fingerprint density at radius 3 is 2.65 bits per heavy atom. The molecule has 0 atom stereocenters. The van der Waals surface area contributed by atoms with Crippen LogP contribution >= 0.6 is 0 Å². The minimum atomic E-state index is 0.143. The molecule has 5 nitrogen and oxygen atoms in total. The lowest BCUT2D eigenvalue weighted by Gasteiger charge is -2.08. The van der Waals surface area contributed by atoms with Gasteiger partial charge in [-0.25, -0.2) is 5.84 Å². The minimum Gasteiger partial charge on any atom is -0.396 e. The summed E-state index contributed by atoms with van der Waals surface area (Å²) in [6.07, 6.45) is 1.78. The summed E-state index contributed by atoms with van der Waals surface area (Å²) in [6.45, 7) is 0. The molecule has 0 saturated carbocycles. The summed E-state index contributed by atoms with van der Waals surface area (Å²) in [6, 6.07) is 19.6. The van der Waals surface area contributed by atoms with E-state index in [2.05, 4.69) is 16.5 Å². The molecule has 0 aliphatic heterocycles. The summed E-state index contributed by atoms with van der Waals surface area (Å²) in [5, 5.41) is 10.1. The molecule has 0 fully saturated rings. The first-order valence-electron chi connectivity index (χ1n) is 7.05. The maximum atomic E-state index is 9.03. The molecule has 3 aromatic rings. The fourth-order valence-corrected chi connectivity index (χ4v) is 2.44. The molecule has 0 aliphatic rings. The molecule has 112 valence electrons. The van der Waals surface area contributed by atoms with E-state index in [9.17, 15) is 0 Å². The van der Waals surface area contributed by atoms with Crippen molar-refractivity contribution in [1.29, 1.82) is 5.26 Å². The number of rotatable bonds is 3.